The van der Waals surface area contributed by atoms with Crippen LogP contribution in [0.2, 0.25) is 0 Å². The van der Waals surface area contributed by atoms with E-state index in [1.165, 1.54) is 0 Å². The number of hydrogen-bond acceptors (Lipinski definition) is 5. The molecule has 1 aliphatic rings. The number of aromatic nitrogens is 3. The molecule has 7 heteroatoms. The summed E-state index contributed by atoms with van der Waals surface area (Å²) < 4.78 is 1.96. The molecule has 0 radical (unpaired) electrons. The van der Waals surface area contributed by atoms with Crippen molar-refractivity contribution in [3.63, 3.8) is 0 Å². The van der Waals surface area contributed by atoms with Gasteiger partial charge in [0.1, 0.15) is 5.52 Å². The molecule has 0 spiro atoms. The van der Waals surface area contributed by atoms with Gasteiger partial charge in [-0.25, -0.2) is 4.52 Å². The number of carbonyl (C=O) groups excluding carboxylic acids is 2. The van der Waals surface area contributed by atoms with Gasteiger partial charge in [0.15, 0.2) is 22.4 Å². The minimum Gasteiger partial charge on any atom is -0.354 e. The summed E-state index contributed by atoms with van der Waals surface area (Å²) in [6, 6.07) is 33.0. The van der Waals surface area contributed by atoms with Crippen molar-refractivity contribution < 1.29 is 9.59 Å². The van der Waals surface area contributed by atoms with Crippen LogP contribution in [0.25, 0.3) is 103 Å². The minimum atomic E-state index is -0.187. The monoisotopic (exact) mass is 735 g/mol. The van der Waals surface area contributed by atoms with Gasteiger partial charge in [0, 0.05) is 81.5 Å². The van der Waals surface area contributed by atoms with Crippen molar-refractivity contribution in [1.82, 2.24) is 14.6 Å². The van der Waals surface area contributed by atoms with E-state index in [1.54, 1.807) is 12.1 Å². The molecule has 268 valence electrons. The van der Waals surface area contributed by atoms with E-state index in [9.17, 15) is 19.2 Å². The second-order valence-corrected chi connectivity index (χ2v) is 15.8. The van der Waals surface area contributed by atoms with Crippen molar-refractivity contribution in [2.75, 3.05) is 0 Å². The highest BCUT2D eigenvalue weighted by atomic mass is 16.1. The summed E-state index contributed by atoms with van der Waals surface area (Å²) in [6.07, 6.45) is 4.14. The van der Waals surface area contributed by atoms with Gasteiger partial charge in [-0.3, -0.25) is 19.2 Å². The first-order valence-electron chi connectivity index (χ1n) is 19.6. The van der Waals surface area contributed by atoms with E-state index in [4.69, 9.17) is 5.10 Å². The Labute approximate surface area is 321 Å². The maximum atomic E-state index is 15.0. The average molecular weight is 736 g/mol. The van der Waals surface area contributed by atoms with E-state index < -0.39 is 0 Å². The molecule has 0 fully saturated rings. The van der Waals surface area contributed by atoms with Crippen LogP contribution in [-0.2, 0) is 6.42 Å². The fourth-order valence-electron chi connectivity index (χ4n) is 10.4. The molecular formula is C50H29N3O4. The third kappa shape index (κ3) is 3.65. The second-order valence-electron chi connectivity index (χ2n) is 15.8. The van der Waals surface area contributed by atoms with Crippen molar-refractivity contribution in [2.24, 2.45) is 0 Å². The van der Waals surface area contributed by atoms with Gasteiger partial charge in [0.2, 0.25) is 0 Å². The highest BCUT2D eigenvalue weighted by molar-refractivity contribution is 6.38. The quantitative estimate of drug-likeness (QED) is 0.110. The van der Waals surface area contributed by atoms with Gasteiger partial charge in [-0.1, -0.05) is 86.5 Å². The van der Waals surface area contributed by atoms with Crippen LogP contribution in [0.1, 0.15) is 63.6 Å². The van der Waals surface area contributed by atoms with E-state index >= 15 is 0 Å². The number of benzene rings is 9. The van der Waals surface area contributed by atoms with Crippen molar-refractivity contribution in [3.8, 4) is 0 Å². The zero-order chi connectivity index (χ0) is 38.0. The van der Waals surface area contributed by atoms with E-state index in [0.717, 1.165) is 107 Å². The summed E-state index contributed by atoms with van der Waals surface area (Å²) in [4.78, 5) is 60.4. The molecule has 0 aliphatic heterocycles. The number of aryl methyl sites for hydroxylation is 1. The lowest BCUT2D eigenvalue weighted by atomic mass is 9.82. The Kier molecular flexibility index (Phi) is 5.73. The smallest absolute Gasteiger partial charge is 0.196 e. The van der Waals surface area contributed by atoms with Crippen LogP contribution in [0.4, 0.5) is 0 Å². The third-order valence-electron chi connectivity index (χ3n) is 13.0. The van der Waals surface area contributed by atoms with E-state index in [2.05, 4.69) is 24.0 Å². The Bertz CT molecular complexity index is 3970. The predicted molar refractivity (Wildman–Crippen MR) is 230 cm³/mol. The zero-order valence-electron chi connectivity index (χ0n) is 30.7. The highest BCUT2D eigenvalue weighted by Crippen LogP contribution is 2.45. The van der Waals surface area contributed by atoms with Gasteiger partial charge < -0.3 is 4.98 Å². The number of rotatable bonds is 4. The first-order chi connectivity index (χ1) is 27.9. The summed E-state index contributed by atoms with van der Waals surface area (Å²) in [5, 5.41) is 16.4. The first kappa shape index (κ1) is 31.0. The number of fused-ring (bicyclic) bond motifs is 13. The largest absolute Gasteiger partial charge is 0.354 e. The number of pyridine rings is 1. The molecule has 7 nitrogen and oxygen atoms in total. The predicted octanol–water partition coefficient (Wildman–Crippen LogP) is 10.6. The first-order valence-corrected chi connectivity index (χ1v) is 19.6. The molecule has 0 amide bonds. The van der Waals surface area contributed by atoms with Crippen LogP contribution in [-0.4, -0.2) is 26.2 Å². The van der Waals surface area contributed by atoms with Crippen molar-refractivity contribution in [3.05, 3.63) is 151 Å². The molecule has 9 aromatic carbocycles. The number of aromatic amines is 1. The summed E-state index contributed by atoms with van der Waals surface area (Å²) in [5.41, 5.74) is 6.44. The molecule has 0 saturated carbocycles. The molecule has 13 rings (SSSR count). The molecule has 0 unspecified atom stereocenters. The van der Waals surface area contributed by atoms with Crippen molar-refractivity contribution in [1.29, 1.82) is 0 Å². The normalized spacial score (nSPS) is 13.5. The Hall–Kier alpha value is -7.25. The molecule has 0 saturated heterocycles. The lowest BCUT2D eigenvalue weighted by molar-refractivity contribution is 0.0980. The molecule has 12 aromatic rings. The van der Waals surface area contributed by atoms with Crippen LogP contribution in [0.5, 0.6) is 0 Å². The highest BCUT2D eigenvalue weighted by Gasteiger charge is 2.33. The number of H-pyrrole nitrogens is 1. The van der Waals surface area contributed by atoms with Crippen LogP contribution in [0.3, 0.4) is 0 Å². The maximum absolute atomic E-state index is 15.0. The third-order valence-corrected chi connectivity index (χ3v) is 13.0. The number of ketones is 2. The number of nitrogens with one attached hydrogen (secondary N) is 1. The van der Waals surface area contributed by atoms with E-state index in [1.807, 2.05) is 83.4 Å². The second kappa shape index (κ2) is 10.5. The number of unbranched alkanes of at least 4 members (excludes halogenated alkanes) is 2. The standard InChI is InChI=1S/C50H29N3O4/c1-2-3-4-7-23-10-11-30-35(22-23)48(55)34-17-14-31-39-36(51-44(31)43(34)49(30)56)20-18-25-24-19-21-37-40-26(12-15-32(38(24)40)50(57)41(25)39)28-13-16-33-42-45(52-53(37)46(28)42)27-8-5-6-9-29(27)47(33)54/h5-6,8-22,51H,2-4,7H2,1H3. The Morgan fingerprint density at radius 2 is 1.25 bits per heavy atom. The summed E-state index contributed by atoms with van der Waals surface area (Å²) in [6.45, 7) is 2.17. The Morgan fingerprint density at radius 3 is 2.11 bits per heavy atom. The minimum absolute atomic E-state index is 0.000841. The molecule has 0 atom stereocenters. The van der Waals surface area contributed by atoms with E-state index in [-0.39, 0.29) is 22.4 Å². The Balaban J connectivity index is 1.08. The fourth-order valence-corrected chi connectivity index (χ4v) is 10.4. The average Bonchev–Trinajstić information content (AvgIpc) is 3.83. The molecule has 1 N–H and O–H groups in total. The van der Waals surface area contributed by atoms with Gasteiger partial charge in [-0.05, 0) is 71.0 Å². The fraction of sp³-hybridized carbons (Fsp3) is 0.100. The topological polar surface area (TPSA) is 101 Å². The zero-order valence-corrected chi connectivity index (χ0v) is 30.7. The lowest BCUT2D eigenvalue weighted by Crippen LogP contribution is -2.21. The maximum Gasteiger partial charge on any atom is 0.196 e. The molecule has 0 bridgehead atoms. The van der Waals surface area contributed by atoms with Crippen LogP contribution < -0.4 is 10.9 Å². The lowest BCUT2D eigenvalue weighted by Gasteiger charge is -2.19. The molecule has 1 aliphatic carbocycles. The number of hydrogen-bond donors (Lipinski definition) is 1. The van der Waals surface area contributed by atoms with Gasteiger partial charge in [-0.2, -0.15) is 5.10 Å². The van der Waals surface area contributed by atoms with Gasteiger partial charge >= 0.3 is 0 Å². The van der Waals surface area contributed by atoms with Gasteiger partial charge in [0.05, 0.1) is 22.1 Å². The molecule has 3 aromatic heterocycles. The van der Waals surface area contributed by atoms with Crippen LogP contribution >= 0.6 is 0 Å². The summed E-state index contributed by atoms with van der Waals surface area (Å²) in [7, 11) is 0. The van der Waals surface area contributed by atoms with Crippen molar-refractivity contribution in [2.45, 2.75) is 32.6 Å². The molecular weight excluding hydrogens is 707 g/mol. The van der Waals surface area contributed by atoms with Crippen LogP contribution in [0, 0.1) is 0 Å². The number of nitrogens with zero attached hydrogens (tertiary/aromatic N) is 2. The number of carbonyl (C=O) groups is 2. The molecule has 57 heavy (non-hydrogen) atoms. The summed E-state index contributed by atoms with van der Waals surface area (Å²) >= 11 is 0. The van der Waals surface area contributed by atoms with Crippen LogP contribution in [0.15, 0.2) is 113 Å². The van der Waals surface area contributed by atoms with Gasteiger partial charge in [-0.15, -0.1) is 0 Å². The van der Waals surface area contributed by atoms with E-state index in [0.29, 0.717) is 49.3 Å². The van der Waals surface area contributed by atoms with Crippen molar-refractivity contribution >= 4 is 115 Å². The van der Waals surface area contributed by atoms with Gasteiger partial charge in [0.25, 0.3) is 0 Å². The summed E-state index contributed by atoms with van der Waals surface area (Å²) in [5.74, 6) is -0.339. The molecule has 3 heterocycles. The Morgan fingerprint density at radius 1 is 0.544 bits per heavy atom. The SMILES string of the molecule is CCCCCc1ccc2c(c1)C(=O)c1ccc3c([nH]c4ccc5c6ccc7c8c(ccc(c(=O)c5c43)c68)c3ccc4c(=O)c5ccccc5c5nn7c3c45)c1C2=O.